The largest absolute Gasteiger partial charge is 0.448 e. The van der Waals surface area contributed by atoms with Crippen LogP contribution in [0.3, 0.4) is 0 Å². The number of amides is 1. The predicted octanol–water partition coefficient (Wildman–Crippen LogP) is 2.07. The Morgan fingerprint density at radius 1 is 1.14 bits per heavy atom. The SMILES string of the molecule is CCCNc1nc(CCC)nc(NCCOC(N)=O)c1C. The van der Waals surface area contributed by atoms with Gasteiger partial charge in [-0.25, -0.2) is 14.8 Å². The van der Waals surface area contributed by atoms with E-state index in [-0.39, 0.29) is 6.61 Å². The quantitative estimate of drug-likeness (QED) is 0.603. The second-order valence-electron chi connectivity index (χ2n) is 4.73. The van der Waals surface area contributed by atoms with Gasteiger partial charge >= 0.3 is 6.09 Å². The average Bonchev–Trinajstić information content (AvgIpc) is 2.44. The number of aryl methyl sites for hydroxylation is 1. The number of primary amides is 1. The maximum absolute atomic E-state index is 10.5. The van der Waals surface area contributed by atoms with Crippen molar-refractivity contribution in [1.82, 2.24) is 9.97 Å². The number of ether oxygens (including phenoxy) is 1. The molecule has 1 rings (SSSR count). The van der Waals surface area contributed by atoms with Gasteiger partial charge in [0.1, 0.15) is 24.1 Å². The maximum Gasteiger partial charge on any atom is 0.404 e. The highest BCUT2D eigenvalue weighted by Crippen LogP contribution is 2.20. The van der Waals surface area contributed by atoms with Gasteiger partial charge < -0.3 is 21.1 Å². The van der Waals surface area contributed by atoms with Crippen molar-refractivity contribution in [3.8, 4) is 0 Å². The van der Waals surface area contributed by atoms with Crippen LogP contribution in [0.4, 0.5) is 16.4 Å². The zero-order valence-corrected chi connectivity index (χ0v) is 13.0. The number of aromatic nitrogens is 2. The normalized spacial score (nSPS) is 10.2. The summed E-state index contributed by atoms with van der Waals surface area (Å²) in [6, 6.07) is 0. The highest BCUT2D eigenvalue weighted by Gasteiger charge is 2.10. The summed E-state index contributed by atoms with van der Waals surface area (Å²) >= 11 is 0. The van der Waals surface area contributed by atoms with Gasteiger partial charge in [0.05, 0.1) is 6.54 Å². The lowest BCUT2D eigenvalue weighted by Crippen LogP contribution is -2.19. The minimum atomic E-state index is -0.770. The Balaban J connectivity index is 2.78. The van der Waals surface area contributed by atoms with Gasteiger partial charge in [0.2, 0.25) is 0 Å². The van der Waals surface area contributed by atoms with Gasteiger partial charge in [-0.15, -0.1) is 0 Å². The molecule has 1 aromatic rings. The molecule has 0 spiro atoms. The number of nitrogens with two attached hydrogens (primary N) is 1. The first-order valence-electron chi connectivity index (χ1n) is 7.35. The van der Waals surface area contributed by atoms with Gasteiger partial charge in [-0.3, -0.25) is 0 Å². The fraction of sp³-hybridized carbons (Fsp3) is 0.643. The van der Waals surface area contributed by atoms with E-state index in [2.05, 4.69) is 34.4 Å². The van der Waals surface area contributed by atoms with Crippen LogP contribution in [0.5, 0.6) is 0 Å². The standard InChI is InChI=1S/C14H25N5O2/c1-4-6-11-18-12(16-7-5-2)10(3)13(19-11)17-8-9-21-14(15)20/h4-9H2,1-3H3,(H2,15,20)(H2,16,17,18,19). The number of hydrogen-bond acceptors (Lipinski definition) is 6. The van der Waals surface area contributed by atoms with Crippen LogP contribution >= 0.6 is 0 Å². The molecule has 0 aliphatic carbocycles. The van der Waals surface area contributed by atoms with E-state index in [1.165, 1.54) is 0 Å². The van der Waals surface area contributed by atoms with Crippen LogP contribution in [0.15, 0.2) is 0 Å². The highest BCUT2D eigenvalue weighted by molar-refractivity contribution is 5.64. The van der Waals surface area contributed by atoms with Crippen molar-refractivity contribution in [2.45, 2.75) is 40.0 Å². The van der Waals surface area contributed by atoms with Crippen LogP contribution in [0.2, 0.25) is 0 Å². The molecule has 0 aliphatic heterocycles. The molecular weight excluding hydrogens is 270 g/mol. The van der Waals surface area contributed by atoms with E-state index >= 15 is 0 Å². The molecule has 0 unspecified atom stereocenters. The monoisotopic (exact) mass is 295 g/mol. The Morgan fingerprint density at radius 3 is 2.29 bits per heavy atom. The molecule has 0 radical (unpaired) electrons. The molecule has 118 valence electrons. The Labute approximate surface area is 125 Å². The smallest absolute Gasteiger partial charge is 0.404 e. The molecule has 0 fully saturated rings. The summed E-state index contributed by atoms with van der Waals surface area (Å²) < 4.78 is 4.69. The van der Waals surface area contributed by atoms with Crippen LogP contribution < -0.4 is 16.4 Å². The molecule has 7 nitrogen and oxygen atoms in total. The van der Waals surface area contributed by atoms with E-state index in [0.717, 1.165) is 48.8 Å². The molecule has 1 heterocycles. The molecular formula is C14H25N5O2. The lowest BCUT2D eigenvalue weighted by atomic mass is 10.2. The Kier molecular flexibility index (Phi) is 7.28. The lowest BCUT2D eigenvalue weighted by molar-refractivity contribution is 0.161. The van der Waals surface area contributed by atoms with E-state index in [1.54, 1.807) is 0 Å². The van der Waals surface area contributed by atoms with E-state index in [0.29, 0.717) is 6.54 Å². The fourth-order valence-electron chi connectivity index (χ4n) is 1.81. The van der Waals surface area contributed by atoms with Crippen molar-refractivity contribution >= 4 is 17.7 Å². The number of nitrogens with zero attached hydrogens (tertiary/aromatic N) is 2. The first-order chi connectivity index (χ1) is 10.1. The maximum atomic E-state index is 10.5. The van der Waals surface area contributed by atoms with Crippen LogP contribution in [0.25, 0.3) is 0 Å². The molecule has 4 N–H and O–H groups in total. The molecule has 21 heavy (non-hydrogen) atoms. The fourth-order valence-corrected chi connectivity index (χ4v) is 1.81. The van der Waals surface area contributed by atoms with Crippen molar-refractivity contribution in [3.63, 3.8) is 0 Å². The molecule has 0 atom stereocenters. The van der Waals surface area contributed by atoms with E-state index < -0.39 is 6.09 Å². The molecule has 0 bridgehead atoms. The minimum absolute atomic E-state index is 0.208. The topological polar surface area (TPSA) is 102 Å². The molecule has 0 aliphatic rings. The van der Waals surface area contributed by atoms with Crippen molar-refractivity contribution in [3.05, 3.63) is 11.4 Å². The van der Waals surface area contributed by atoms with Crippen LogP contribution in [0.1, 0.15) is 38.1 Å². The third-order valence-corrected chi connectivity index (χ3v) is 2.85. The van der Waals surface area contributed by atoms with Gasteiger partial charge in [-0.1, -0.05) is 13.8 Å². The number of rotatable bonds is 9. The van der Waals surface area contributed by atoms with Gasteiger partial charge in [0.15, 0.2) is 0 Å². The van der Waals surface area contributed by atoms with Crippen LogP contribution in [0, 0.1) is 6.92 Å². The number of nitrogens with one attached hydrogen (secondary N) is 2. The minimum Gasteiger partial charge on any atom is -0.448 e. The number of anilines is 2. The average molecular weight is 295 g/mol. The van der Waals surface area contributed by atoms with Crippen LogP contribution in [-0.2, 0) is 11.2 Å². The Morgan fingerprint density at radius 2 is 1.76 bits per heavy atom. The molecule has 0 saturated carbocycles. The first kappa shape index (κ1) is 17.0. The summed E-state index contributed by atoms with van der Waals surface area (Å²) in [6.07, 6.45) is 2.07. The molecule has 1 aromatic heterocycles. The Bertz CT molecular complexity index is 465. The van der Waals surface area contributed by atoms with Crippen LogP contribution in [-0.4, -0.2) is 35.8 Å². The summed E-state index contributed by atoms with van der Waals surface area (Å²) in [4.78, 5) is 19.6. The summed E-state index contributed by atoms with van der Waals surface area (Å²) in [7, 11) is 0. The Hall–Kier alpha value is -2.05. The number of carbonyl (C=O) groups is 1. The third kappa shape index (κ3) is 5.85. The van der Waals surface area contributed by atoms with Gasteiger partial charge in [-0.05, 0) is 19.8 Å². The first-order valence-corrected chi connectivity index (χ1v) is 7.35. The zero-order valence-electron chi connectivity index (χ0n) is 13.0. The molecule has 0 saturated heterocycles. The van der Waals surface area contributed by atoms with Crippen molar-refractivity contribution in [2.75, 3.05) is 30.3 Å². The second-order valence-corrected chi connectivity index (χ2v) is 4.73. The zero-order chi connectivity index (χ0) is 15.7. The summed E-state index contributed by atoms with van der Waals surface area (Å²) in [5.41, 5.74) is 5.88. The van der Waals surface area contributed by atoms with Gasteiger partial charge in [-0.2, -0.15) is 0 Å². The summed E-state index contributed by atoms with van der Waals surface area (Å²) in [5.74, 6) is 2.42. The third-order valence-electron chi connectivity index (χ3n) is 2.85. The van der Waals surface area contributed by atoms with Crippen molar-refractivity contribution in [1.29, 1.82) is 0 Å². The summed E-state index contributed by atoms with van der Waals surface area (Å²) in [5, 5.41) is 6.47. The van der Waals surface area contributed by atoms with Gasteiger partial charge in [0, 0.05) is 18.5 Å². The lowest BCUT2D eigenvalue weighted by Gasteiger charge is -2.14. The number of carbonyl (C=O) groups excluding carboxylic acids is 1. The molecule has 1 amide bonds. The van der Waals surface area contributed by atoms with E-state index in [4.69, 9.17) is 10.5 Å². The van der Waals surface area contributed by atoms with Crippen molar-refractivity contribution in [2.24, 2.45) is 5.73 Å². The highest BCUT2D eigenvalue weighted by atomic mass is 16.5. The molecule has 7 heteroatoms. The second kappa shape index (κ2) is 8.99. The van der Waals surface area contributed by atoms with E-state index in [1.807, 2.05) is 6.92 Å². The molecule has 0 aromatic carbocycles. The van der Waals surface area contributed by atoms with Crippen molar-refractivity contribution < 1.29 is 9.53 Å². The summed E-state index contributed by atoms with van der Waals surface area (Å²) in [6.45, 7) is 7.70. The van der Waals surface area contributed by atoms with E-state index in [9.17, 15) is 4.79 Å². The van der Waals surface area contributed by atoms with Gasteiger partial charge in [0.25, 0.3) is 0 Å². The predicted molar refractivity (Wildman–Crippen MR) is 83.6 cm³/mol. The number of hydrogen-bond donors (Lipinski definition) is 3.